The van der Waals surface area contributed by atoms with Crippen LogP contribution in [0.15, 0.2) is 12.3 Å². The molecular weight excluding hydrogens is 232 g/mol. The Morgan fingerprint density at radius 2 is 2.00 bits per heavy atom. The van der Waals surface area contributed by atoms with Crippen LogP contribution in [0.1, 0.15) is 10.5 Å². The van der Waals surface area contributed by atoms with Gasteiger partial charge in [0, 0.05) is 32.4 Å². The molecule has 2 saturated heterocycles. The van der Waals surface area contributed by atoms with Gasteiger partial charge in [0.15, 0.2) is 5.69 Å². The highest BCUT2D eigenvalue weighted by molar-refractivity contribution is 5.85. The fourth-order valence-electron chi connectivity index (χ4n) is 3.01. The van der Waals surface area contributed by atoms with Gasteiger partial charge in [-0.05, 0) is 24.9 Å². The summed E-state index contributed by atoms with van der Waals surface area (Å²) in [4.78, 5) is 23.6. The first kappa shape index (κ1) is 11.4. The SMILES string of the molecule is CN1CC2CN(c3nccc(C(=O)O)n3)CC2C1. The highest BCUT2D eigenvalue weighted by atomic mass is 16.4. The lowest BCUT2D eigenvalue weighted by atomic mass is 10.0. The molecule has 2 atom stereocenters. The summed E-state index contributed by atoms with van der Waals surface area (Å²) in [5.74, 6) is 0.865. The first-order chi connectivity index (χ1) is 8.63. The van der Waals surface area contributed by atoms with E-state index < -0.39 is 5.97 Å². The Labute approximate surface area is 105 Å². The third kappa shape index (κ3) is 1.92. The van der Waals surface area contributed by atoms with Crippen LogP contribution in [-0.2, 0) is 0 Å². The van der Waals surface area contributed by atoms with Crippen LogP contribution >= 0.6 is 0 Å². The maximum absolute atomic E-state index is 10.9. The number of fused-ring (bicyclic) bond motifs is 1. The molecule has 0 saturated carbocycles. The molecule has 0 amide bonds. The molecule has 6 nitrogen and oxygen atoms in total. The number of nitrogens with zero attached hydrogens (tertiary/aromatic N) is 4. The monoisotopic (exact) mass is 248 g/mol. The molecule has 0 aliphatic carbocycles. The molecule has 2 aliphatic heterocycles. The van der Waals surface area contributed by atoms with Crippen molar-refractivity contribution in [3.05, 3.63) is 18.0 Å². The first-order valence-corrected chi connectivity index (χ1v) is 6.13. The predicted molar refractivity (Wildman–Crippen MR) is 65.7 cm³/mol. The lowest BCUT2D eigenvalue weighted by Crippen LogP contribution is -2.28. The van der Waals surface area contributed by atoms with Gasteiger partial charge in [0.2, 0.25) is 5.95 Å². The van der Waals surface area contributed by atoms with E-state index in [-0.39, 0.29) is 5.69 Å². The standard InChI is InChI=1S/C12H16N4O2/c1-15-4-8-6-16(7-9(8)5-15)12-13-3-2-10(14-12)11(17)18/h2-3,8-9H,4-7H2,1H3,(H,17,18). The fraction of sp³-hybridized carbons (Fsp3) is 0.583. The number of carbonyl (C=O) groups is 1. The first-order valence-electron chi connectivity index (χ1n) is 6.13. The molecule has 0 aromatic carbocycles. The number of carboxylic acid groups (broad SMARTS) is 1. The minimum Gasteiger partial charge on any atom is -0.477 e. The molecule has 1 aromatic heterocycles. The zero-order valence-corrected chi connectivity index (χ0v) is 10.3. The molecule has 0 spiro atoms. The number of likely N-dealkylation sites (tertiary alicyclic amines) is 1. The van der Waals surface area contributed by atoms with E-state index in [2.05, 4.69) is 26.8 Å². The van der Waals surface area contributed by atoms with Crippen molar-refractivity contribution in [3.8, 4) is 0 Å². The average Bonchev–Trinajstić information content (AvgIpc) is 2.86. The van der Waals surface area contributed by atoms with Crippen LogP contribution in [0, 0.1) is 11.8 Å². The Bertz CT molecular complexity index is 465. The maximum atomic E-state index is 10.9. The van der Waals surface area contributed by atoms with E-state index in [0.29, 0.717) is 17.8 Å². The van der Waals surface area contributed by atoms with E-state index in [1.165, 1.54) is 12.3 Å². The van der Waals surface area contributed by atoms with Gasteiger partial charge < -0.3 is 14.9 Å². The van der Waals surface area contributed by atoms with E-state index in [4.69, 9.17) is 5.11 Å². The molecule has 18 heavy (non-hydrogen) atoms. The van der Waals surface area contributed by atoms with Crippen LogP contribution in [-0.4, -0.2) is 59.2 Å². The summed E-state index contributed by atoms with van der Waals surface area (Å²) in [5, 5.41) is 8.93. The number of carboxylic acids is 1. The molecular formula is C12H16N4O2. The summed E-state index contributed by atoms with van der Waals surface area (Å²) in [6, 6.07) is 1.43. The largest absolute Gasteiger partial charge is 0.477 e. The third-order valence-electron chi connectivity index (χ3n) is 3.81. The van der Waals surface area contributed by atoms with Crippen LogP contribution in [0.3, 0.4) is 0 Å². The summed E-state index contributed by atoms with van der Waals surface area (Å²) in [7, 11) is 2.14. The normalized spacial score (nSPS) is 27.5. The highest BCUT2D eigenvalue weighted by Crippen LogP contribution is 2.31. The van der Waals surface area contributed by atoms with Crippen molar-refractivity contribution in [2.45, 2.75) is 0 Å². The van der Waals surface area contributed by atoms with Gasteiger partial charge in [-0.15, -0.1) is 0 Å². The second kappa shape index (κ2) is 4.20. The highest BCUT2D eigenvalue weighted by Gasteiger charge is 2.39. The number of hydrogen-bond donors (Lipinski definition) is 1. The Kier molecular flexibility index (Phi) is 2.66. The quantitative estimate of drug-likeness (QED) is 0.804. The zero-order chi connectivity index (χ0) is 12.7. The van der Waals surface area contributed by atoms with Crippen LogP contribution in [0.2, 0.25) is 0 Å². The van der Waals surface area contributed by atoms with Crippen molar-refractivity contribution in [2.24, 2.45) is 11.8 Å². The number of hydrogen-bond acceptors (Lipinski definition) is 5. The molecule has 2 fully saturated rings. The summed E-state index contributed by atoms with van der Waals surface area (Å²) < 4.78 is 0. The molecule has 0 radical (unpaired) electrons. The summed E-state index contributed by atoms with van der Waals surface area (Å²) in [5.41, 5.74) is 0.0641. The van der Waals surface area contributed by atoms with Crippen molar-refractivity contribution >= 4 is 11.9 Å². The third-order valence-corrected chi connectivity index (χ3v) is 3.81. The van der Waals surface area contributed by atoms with E-state index in [1.54, 1.807) is 0 Å². The van der Waals surface area contributed by atoms with Gasteiger partial charge in [-0.25, -0.2) is 14.8 Å². The minimum atomic E-state index is -1.00. The van der Waals surface area contributed by atoms with Gasteiger partial charge in [-0.3, -0.25) is 0 Å². The second-order valence-corrected chi connectivity index (χ2v) is 5.19. The summed E-state index contributed by atoms with van der Waals surface area (Å²) >= 11 is 0. The van der Waals surface area contributed by atoms with Crippen LogP contribution in [0.4, 0.5) is 5.95 Å². The zero-order valence-electron chi connectivity index (χ0n) is 10.3. The van der Waals surface area contributed by atoms with E-state index >= 15 is 0 Å². The van der Waals surface area contributed by atoms with Gasteiger partial charge in [-0.1, -0.05) is 0 Å². The number of rotatable bonds is 2. The Hall–Kier alpha value is -1.69. The molecule has 3 heterocycles. The van der Waals surface area contributed by atoms with Gasteiger partial charge in [0.1, 0.15) is 0 Å². The molecule has 96 valence electrons. The lowest BCUT2D eigenvalue weighted by molar-refractivity contribution is 0.0690. The summed E-state index contributed by atoms with van der Waals surface area (Å²) in [6.07, 6.45) is 1.52. The molecule has 1 N–H and O–H groups in total. The lowest BCUT2D eigenvalue weighted by Gasteiger charge is -2.19. The van der Waals surface area contributed by atoms with Crippen molar-refractivity contribution in [1.29, 1.82) is 0 Å². The second-order valence-electron chi connectivity index (χ2n) is 5.19. The number of aromatic carboxylic acids is 1. The van der Waals surface area contributed by atoms with Crippen molar-refractivity contribution < 1.29 is 9.90 Å². The Balaban J connectivity index is 1.77. The van der Waals surface area contributed by atoms with Gasteiger partial charge in [0.05, 0.1) is 0 Å². The molecule has 2 unspecified atom stereocenters. The van der Waals surface area contributed by atoms with Crippen molar-refractivity contribution in [2.75, 3.05) is 38.1 Å². The van der Waals surface area contributed by atoms with Crippen LogP contribution < -0.4 is 4.90 Å². The topological polar surface area (TPSA) is 69.6 Å². The Morgan fingerprint density at radius 1 is 1.33 bits per heavy atom. The molecule has 1 aromatic rings. The molecule has 2 aliphatic rings. The number of aromatic nitrogens is 2. The molecule has 3 rings (SSSR count). The van der Waals surface area contributed by atoms with Crippen molar-refractivity contribution in [1.82, 2.24) is 14.9 Å². The predicted octanol–water partition coefficient (Wildman–Crippen LogP) is 0.173. The smallest absolute Gasteiger partial charge is 0.354 e. The van der Waals surface area contributed by atoms with Crippen LogP contribution in [0.25, 0.3) is 0 Å². The van der Waals surface area contributed by atoms with E-state index in [1.807, 2.05) is 0 Å². The average molecular weight is 248 g/mol. The summed E-state index contributed by atoms with van der Waals surface area (Å²) in [6.45, 7) is 4.08. The molecule has 6 heteroatoms. The van der Waals surface area contributed by atoms with Crippen LogP contribution in [0.5, 0.6) is 0 Å². The van der Waals surface area contributed by atoms with Gasteiger partial charge in [-0.2, -0.15) is 0 Å². The Morgan fingerprint density at radius 3 is 2.61 bits per heavy atom. The number of anilines is 1. The van der Waals surface area contributed by atoms with E-state index in [9.17, 15) is 4.79 Å². The van der Waals surface area contributed by atoms with E-state index in [0.717, 1.165) is 26.2 Å². The van der Waals surface area contributed by atoms with Gasteiger partial charge >= 0.3 is 5.97 Å². The maximum Gasteiger partial charge on any atom is 0.354 e. The molecule has 0 bridgehead atoms. The minimum absolute atomic E-state index is 0.0641. The fourth-order valence-corrected chi connectivity index (χ4v) is 3.01. The van der Waals surface area contributed by atoms with Crippen molar-refractivity contribution in [3.63, 3.8) is 0 Å². The van der Waals surface area contributed by atoms with Gasteiger partial charge in [0.25, 0.3) is 0 Å².